The van der Waals surface area contributed by atoms with Crippen molar-refractivity contribution in [1.29, 1.82) is 0 Å². The molecule has 0 spiro atoms. The van der Waals surface area contributed by atoms with Crippen molar-refractivity contribution in [3.63, 3.8) is 0 Å². The van der Waals surface area contributed by atoms with Gasteiger partial charge in [-0.05, 0) is 20.4 Å². The normalized spacial score (nSPS) is 11.5. The predicted octanol–water partition coefficient (Wildman–Crippen LogP) is 1.66. The Kier molecular flexibility index (Phi) is 8.07. The summed E-state index contributed by atoms with van der Waals surface area (Å²) in [5.74, 6) is 0.813. The van der Waals surface area contributed by atoms with Crippen LogP contribution in [-0.2, 0) is 4.74 Å². The summed E-state index contributed by atoms with van der Waals surface area (Å²) in [4.78, 5) is 2.39. The van der Waals surface area contributed by atoms with Gasteiger partial charge in [-0.2, -0.15) is 12.6 Å². The van der Waals surface area contributed by atoms with E-state index in [1.54, 1.807) is 0 Å². The number of ether oxygens (including phenoxy) is 1. The fraction of sp³-hybridized carbons (Fsp3) is 1.00. The highest BCUT2D eigenvalue weighted by atomic mass is 32.1. The standard InChI is InChI=1S/C9H21NOS/c1-4-10(9(2)3)5-6-11-7-8-12/h9,12H,4-8H2,1-3H3. The summed E-state index contributed by atoms with van der Waals surface area (Å²) in [7, 11) is 0. The Balaban J connectivity index is 3.32. The van der Waals surface area contributed by atoms with Crippen molar-refractivity contribution in [2.24, 2.45) is 0 Å². The van der Waals surface area contributed by atoms with Crippen LogP contribution in [0.1, 0.15) is 20.8 Å². The molecule has 0 unspecified atom stereocenters. The second-order valence-electron chi connectivity index (χ2n) is 3.06. The van der Waals surface area contributed by atoms with E-state index in [0.717, 1.165) is 32.1 Å². The predicted molar refractivity (Wildman–Crippen MR) is 57.1 cm³/mol. The zero-order valence-electron chi connectivity index (χ0n) is 8.42. The summed E-state index contributed by atoms with van der Waals surface area (Å²) in [6, 6.07) is 0.620. The van der Waals surface area contributed by atoms with E-state index >= 15 is 0 Å². The van der Waals surface area contributed by atoms with E-state index in [1.165, 1.54) is 0 Å². The fourth-order valence-corrected chi connectivity index (χ4v) is 1.26. The van der Waals surface area contributed by atoms with Crippen LogP contribution in [0.3, 0.4) is 0 Å². The monoisotopic (exact) mass is 191 g/mol. The molecule has 0 saturated carbocycles. The maximum absolute atomic E-state index is 5.35. The Morgan fingerprint density at radius 3 is 2.42 bits per heavy atom. The molecule has 0 fully saturated rings. The molecule has 0 N–H and O–H groups in total. The van der Waals surface area contributed by atoms with Gasteiger partial charge in [-0.3, -0.25) is 4.90 Å². The van der Waals surface area contributed by atoms with E-state index in [2.05, 4.69) is 38.3 Å². The molecule has 0 radical (unpaired) electrons. The van der Waals surface area contributed by atoms with Crippen molar-refractivity contribution in [1.82, 2.24) is 4.90 Å². The van der Waals surface area contributed by atoms with Gasteiger partial charge in [-0.15, -0.1) is 0 Å². The van der Waals surface area contributed by atoms with Gasteiger partial charge >= 0.3 is 0 Å². The Morgan fingerprint density at radius 1 is 1.33 bits per heavy atom. The molecule has 0 atom stereocenters. The summed E-state index contributed by atoms with van der Waals surface area (Å²) in [6.07, 6.45) is 0. The molecule has 0 aromatic heterocycles. The number of likely N-dealkylation sites (N-methyl/N-ethyl adjacent to an activating group) is 1. The van der Waals surface area contributed by atoms with Crippen molar-refractivity contribution >= 4 is 12.6 Å². The lowest BCUT2D eigenvalue weighted by molar-refractivity contribution is 0.105. The first kappa shape index (κ1) is 12.3. The Bertz CT molecular complexity index is 98.5. The van der Waals surface area contributed by atoms with Crippen LogP contribution in [-0.4, -0.2) is 43.0 Å². The Labute approximate surface area is 81.7 Å². The lowest BCUT2D eigenvalue weighted by Gasteiger charge is -2.24. The largest absolute Gasteiger partial charge is 0.379 e. The molecule has 0 bridgehead atoms. The van der Waals surface area contributed by atoms with Gasteiger partial charge in [0.05, 0.1) is 13.2 Å². The molecular weight excluding hydrogens is 170 g/mol. The molecule has 0 aliphatic heterocycles. The smallest absolute Gasteiger partial charge is 0.0593 e. The second-order valence-corrected chi connectivity index (χ2v) is 3.51. The van der Waals surface area contributed by atoms with E-state index in [4.69, 9.17) is 4.74 Å². The van der Waals surface area contributed by atoms with Crippen LogP contribution >= 0.6 is 12.6 Å². The maximum Gasteiger partial charge on any atom is 0.0593 e. The van der Waals surface area contributed by atoms with Crippen molar-refractivity contribution in [3.8, 4) is 0 Å². The summed E-state index contributed by atoms with van der Waals surface area (Å²) < 4.78 is 5.35. The molecule has 3 heteroatoms. The molecule has 0 saturated heterocycles. The number of rotatable bonds is 7. The summed E-state index contributed by atoms with van der Waals surface area (Å²) in [5.41, 5.74) is 0. The summed E-state index contributed by atoms with van der Waals surface area (Å²) in [6.45, 7) is 10.3. The molecule has 0 aliphatic carbocycles. The topological polar surface area (TPSA) is 12.5 Å². The van der Waals surface area contributed by atoms with Crippen LogP contribution in [0, 0.1) is 0 Å². The van der Waals surface area contributed by atoms with E-state index in [9.17, 15) is 0 Å². The van der Waals surface area contributed by atoms with Crippen molar-refractivity contribution in [2.45, 2.75) is 26.8 Å². The zero-order valence-corrected chi connectivity index (χ0v) is 9.31. The van der Waals surface area contributed by atoms with Gasteiger partial charge in [0.2, 0.25) is 0 Å². The molecular formula is C9H21NOS. The van der Waals surface area contributed by atoms with Crippen molar-refractivity contribution in [2.75, 3.05) is 32.1 Å². The first-order chi connectivity index (χ1) is 5.72. The quantitative estimate of drug-likeness (QED) is 0.485. The van der Waals surface area contributed by atoms with Crippen LogP contribution in [0.15, 0.2) is 0 Å². The van der Waals surface area contributed by atoms with Crippen molar-refractivity contribution in [3.05, 3.63) is 0 Å². The third-order valence-corrected chi connectivity index (χ3v) is 2.08. The first-order valence-corrected chi connectivity index (χ1v) is 5.28. The number of thiol groups is 1. The second kappa shape index (κ2) is 7.90. The highest BCUT2D eigenvalue weighted by Crippen LogP contribution is 1.96. The minimum absolute atomic E-state index is 0.620. The SMILES string of the molecule is CCN(CCOCCS)C(C)C. The van der Waals surface area contributed by atoms with Gasteiger partial charge in [0.15, 0.2) is 0 Å². The molecule has 0 aromatic rings. The van der Waals surface area contributed by atoms with Crippen LogP contribution in [0.25, 0.3) is 0 Å². The van der Waals surface area contributed by atoms with Crippen LogP contribution in [0.5, 0.6) is 0 Å². The molecule has 0 aromatic carbocycles. The third-order valence-electron chi connectivity index (χ3n) is 1.89. The van der Waals surface area contributed by atoms with Gasteiger partial charge in [-0.1, -0.05) is 6.92 Å². The maximum atomic E-state index is 5.35. The lowest BCUT2D eigenvalue weighted by Crippen LogP contribution is -2.33. The highest BCUT2D eigenvalue weighted by molar-refractivity contribution is 7.80. The minimum Gasteiger partial charge on any atom is -0.379 e. The minimum atomic E-state index is 0.620. The van der Waals surface area contributed by atoms with Gasteiger partial charge in [0.1, 0.15) is 0 Å². The molecule has 74 valence electrons. The van der Waals surface area contributed by atoms with Gasteiger partial charge in [0, 0.05) is 18.3 Å². The van der Waals surface area contributed by atoms with E-state index < -0.39 is 0 Å². The van der Waals surface area contributed by atoms with E-state index in [-0.39, 0.29) is 0 Å². The molecule has 0 amide bonds. The van der Waals surface area contributed by atoms with Gasteiger partial charge in [0.25, 0.3) is 0 Å². The van der Waals surface area contributed by atoms with Crippen LogP contribution in [0.4, 0.5) is 0 Å². The van der Waals surface area contributed by atoms with Crippen LogP contribution < -0.4 is 0 Å². The first-order valence-electron chi connectivity index (χ1n) is 4.65. The Morgan fingerprint density at radius 2 is 2.00 bits per heavy atom. The van der Waals surface area contributed by atoms with Crippen molar-refractivity contribution < 1.29 is 4.74 Å². The average molecular weight is 191 g/mol. The molecule has 0 heterocycles. The summed E-state index contributed by atoms with van der Waals surface area (Å²) >= 11 is 4.07. The van der Waals surface area contributed by atoms with Gasteiger partial charge in [-0.25, -0.2) is 0 Å². The molecule has 0 rings (SSSR count). The molecule has 2 nitrogen and oxygen atoms in total. The van der Waals surface area contributed by atoms with E-state index in [1.807, 2.05) is 0 Å². The summed E-state index contributed by atoms with van der Waals surface area (Å²) in [5, 5.41) is 0. The fourth-order valence-electron chi connectivity index (χ4n) is 1.13. The highest BCUT2D eigenvalue weighted by Gasteiger charge is 2.05. The molecule has 12 heavy (non-hydrogen) atoms. The number of hydrogen-bond donors (Lipinski definition) is 1. The third kappa shape index (κ3) is 5.86. The number of nitrogens with zero attached hydrogens (tertiary/aromatic N) is 1. The zero-order chi connectivity index (χ0) is 9.40. The van der Waals surface area contributed by atoms with E-state index in [0.29, 0.717) is 6.04 Å². The molecule has 0 aliphatic rings. The Hall–Kier alpha value is 0.270. The number of hydrogen-bond acceptors (Lipinski definition) is 3. The lowest BCUT2D eigenvalue weighted by atomic mass is 10.3. The van der Waals surface area contributed by atoms with Gasteiger partial charge < -0.3 is 4.74 Å². The van der Waals surface area contributed by atoms with Crippen LogP contribution in [0.2, 0.25) is 0 Å². The average Bonchev–Trinajstić information content (AvgIpc) is 2.04.